The van der Waals surface area contributed by atoms with Crippen LogP contribution in [-0.4, -0.2) is 15.0 Å². The Labute approximate surface area is 165 Å². The van der Waals surface area contributed by atoms with Crippen LogP contribution in [0.25, 0.3) is 11.0 Å². The molecule has 1 N–H and O–H groups in total. The molecule has 3 aromatic carbocycles. The number of fused-ring (bicyclic) bond motifs is 1. The Balaban J connectivity index is 1.79. The van der Waals surface area contributed by atoms with Crippen molar-refractivity contribution in [2.45, 2.75) is 25.9 Å². The summed E-state index contributed by atoms with van der Waals surface area (Å²) in [6.45, 7) is 8.31. The third kappa shape index (κ3) is 3.54. The maximum Gasteiger partial charge on any atom is 0.113 e. The van der Waals surface area contributed by atoms with E-state index in [0.717, 1.165) is 16.7 Å². The van der Waals surface area contributed by atoms with Crippen LogP contribution in [-0.2, 0) is 0 Å². The van der Waals surface area contributed by atoms with E-state index in [0.29, 0.717) is 0 Å². The van der Waals surface area contributed by atoms with E-state index < -0.39 is 0 Å². The molecule has 140 valence electrons. The number of nitrogens with zero attached hydrogens (tertiary/aromatic N) is 3. The molecule has 2 atom stereocenters. The highest BCUT2D eigenvalue weighted by atomic mass is 15.4. The number of hydrogen-bond acceptors (Lipinski definition) is 3. The van der Waals surface area contributed by atoms with E-state index in [2.05, 4.69) is 84.6 Å². The predicted molar refractivity (Wildman–Crippen MR) is 115 cm³/mol. The van der Waals surface area contributed by atoms with E-state index >= 15 is 0 Å². The summed E-state index contributed by atoms with van der Waals surface area (Å²) in [4.78, 5) is 0. The first-order valence-electron chi connectivity index (χ1n) is 9.48. The fourth-order valence-electron chi connectivity index (χ4n) is 3.45. The van der Waals surface area contributed by atoms with E-state index in [1.165, 1.54) is 16.7 Å². The minimum absolute atomic E-state index is 0.0362. The smallest absolute Gasteiger partial charge is 0.113 e. The normalized spacial score (nSPS) is 13.2. The summed E-state index contributed by atoms with van der Waals surface area (Å²) in [6.07, 6.45) is 1.94. The Morgan fingerprint density at radius 1 is 0.893 bits per heavy atom. The first-order valence-corrected chi connectivity index (χ1v) is 9.48. The van der Waals surface area contributed by atoms with Gasteiger partial charge < -0.3 is 5.32 Å². The molecule has 4 aromatic rings. The number of anilines is 1. The largest absolute Gasteiger partial charge is 0.376 e. The van der Waals surface area contributed by atoms with Gasteiger partial charge >= 0.3 is 0 Å². The Bertz CT molecular complexity index is 1080. The molecule has 0 spiro atoms. The highest BCUT2D eigenvalue weighted by molar-refractivity contribution is 5.74. The zero-order valence-corrected chi connectivity index (χ0v) is 16.2. The van der Waals surface area contributed by atoms with Gasteiger partial charge in [0.15, 0.2) is 0 Å². The van der Waals surface area contributed by atoms with Crippen molar-refractivity contribution in [2.24, 2.45) is 0 Å². The van der Waals surface area contributed by atoms with Crippen LogP contribution in [0.2, 0.25) is 0 Å². The second-order valence-electron chi connectivity index (χ2n) is 7.15. The molecule has 0 fully saturated rings. The molecule has 4 rings (SSSR count). The summed E-state index contributed by atoms with van der Waals surface area (Å²) in [6, 6.07) is 24.9. The number of aryl methyl sites for hydroxylation is 2. The molecular weight excluding hydrogens is 344 g/mol. The molecule has 4 nitrogen and oxygen atoms in total. The lowest BCUT2D eigenvalue weighted by Crippen LogP contribution is -2.24. The van der Waals surface area contributed by atoms with E-state index in [1.807, 2.05) is 35.0 Å². The average Bonchev–Trinajstić information content (AvgIpc) is 3.14. The van der Waals surface area contributed by atoms with E-state index in [9.17, 15) is 0 Å². The lowest BCUT2D eigenvalue weighted by molar-refractivity contribution is 0.478. The zero-order valence-electron chi connectivity index (χ0n) is 16.2. The Morgan fingerprint density at radius 3 is 2.21 bits per heavy atom. The van der Waals surface area contributed by atoms with Gasteiger partial charge in [0.2, 0.25) is 0 Å². The van der Waals surface area contributed by atoms with Gasteiger partial charge in [-0.2, -0.15) is 0 Å². The highest BCUT2D eigenvalue weighted by Crippen LogP contribution is 2.33. The number of benzene rings is 3. The van der Waals surface area contributed by atoms with Gasteiger partial charge in [-0.05, 0) is 43.7 Å². The molecule has 0 saturated heterocycles. The molecule has 4 heteroatoms. The number of rotatable bonds is 6. The second kappa shape index (κ2) is 7.69. The van der Waals surface area contributed by atoms with Gasteiger partial charge in [-0.25, -0.2) is 4.68 Å². The fourth-order valence-corrected chi connectivity index (χ4v) is 3.45. The van der Waals surface area contributed by atoms with E-state index in [-0.39, 0.29) is 12.1 Å². The van der Waals surface area contributed by atoms with Gasteiger partial charge in [-0.3, -0.25) is 0 Å². The van der Waals surface area contributed by atoms with Crippen LogP contribution in [0.1, 0.15) is 28.8 Å². The lowest BCUT2D eigenvalue weighted by Gasteiger charge is -2.28. The molecule has 1 heterocycles. The van der Waals surface area contributed by atoms with Crippen molar-refractivity contribution in [1.29, 1.82) is 0 Å². The molecular formula is C24H24N4. The SMILES string of the molecule is C=CC(C(Nc1ccc(C)cc1)c1ccc(C)cc1)n1nnc2ccccc21. The van der Waals surface area contributed by atoms with Crippen molar-refractivity contribution >= 4 is 16.7 Å². The van der Waals surface area contributed by atoms with Crippen LogP contribution in [0.3, 0.4) is 0 Å². The number of para-hydroxylation sites is 1. The van der Waals surface area contributed by atoms with E-state index in [1.54, 1.807) is 0 Å². The number of hydrogen-bond donors (Lipinski definition) is 1. The van der Waals surface area contributed by atoms with Crippen LogP contribution >= 0.6 is 0 Å². The first kappa shape index (κ1) is 18.0. The quantitative estimate of drug-likeness (QED) is 0.449. The monoisotopic (exact) mass is 368 g/mol. The Kier molecular flexibility index (Phi) is 4.94. The van der Waals surface area contributed by atoms with Crippen molar-refractivity contribution in [2.75, 3.05) is 5.32 Å². The molecule has 0 bridgehead atoms. The summed E-state index contributed by atoms with van der Waals surface area (Å²) in [5.74, 6) is 0. The molecule has 0 aliphatic heterocycles. The lowest BCUT2D eigenvalue weighted by atomic mass is 9.97. The fraction of sp³-hybridized carbons (Fsp3) is 0.167. The molecule has 28 heavy (non-hydrogen) atoms. The van der Waals surface area contributed by atoms with Crippen molar-refractivity contribution < 1.29 is 0 Å². The molecule has 0 radical (unpaired) electrons. The van der Waals surface area contributed by atoms with Crippen molar-refractivity contribution in [3.05, 3.63) is 102 Å². The van der Waals surface area contributed by atoms with Gasteiger partial charge in [-0.15, -0.1) is 11.7 Å². The van der Waals surface area contributed by atoms with E-state index in [4.69, 9.17) is 0 Å². The summed E-state index contributed by atoms with van der Waals surface area (Å²) < 4.78 is 1.95. The van der Waals surface area contributed by atoms with Gasteiger partial charge in [0, 0.05) is 5.69 Å². The average molecular weight is 368 g/mol. The minimum atomic E-state index is -0.101. The van der Waals surface area contributed by atoms with Crippen LogP contribution in [0.4, 0.5) is 5.69 Å². The summed E-state index contributed by atoms with van der Waals surface area (Å²) in [5, 5.41) is 12.5. The van der Waals surface area contributed by atoms with Crippen molar-refractivity contribution in [3.8, 4) is 0 Å². The molecule has 0 aliphatic rings. The van der Waals surface area contributed by atoms with Crippen LogP contribution < -0.4 is 5.32 Å². The maximum absolute atomic E-state index is 4.44. The van der Waals surface area contributed by atoms with Crippen LogP contribution in [0.5, 0.6) is 0 Å². The predicted octanol–water partition coefficient (Wildman–Crippen LogP) is 5.63. The zero-order chi connectivity index (χ0) is 19.5. The molecule has 1 aromatic heterocycles. The Hall–Kier alpha value is -3.40. The number of nitrogens with one attached hydrogen (secondary N) is 1. The summed E-state index contributed by atoms with van der Waals surface area (Å²) in [7, 11) is 0. The Morgan fingerprint density at radius 2 is 1.54 bits per heavy atom. The van der Waals surface area contributed by atoms with Crippen LogP contribution in [0, 0.1) is 13.8 Å². The standard InChI is InChI=1S/C24H24N4/c1-4-22(28-23-8-6-5-7-21(23)26-27-28)24(19-13-9-17(2)10-14-19)25-20-15-11-18(3)12-16-20/h4-16,22,24-25H,1H2,2-3H3. The maximum atomic E-state index is 4.44. The van der Waals surface area contributed by atoms with Crippen LogP contribution in [0.15, 0.2) is 85.5 Å². The van der Waals surface area contributed by atoms with Crippen molar-refractivity contribution in [3.63, 3.8) is 0 Å². The topological polar surface area (TPSA) is 42.7 Å². The second-order valence-corrected chi connectivity index (χ2v) is 7.15. The van der Waals surface area contributed by atoms with Gasteiger partial charge in [0.25, 0.3) is 0 Å². The van der Waals surface area contributed by atoms with Crippen molar-refractivity contribution in [1.82, 2.24) is 15.0 Å². The van der Waals surface area contributed by atoms with Gasteiger partial charge in [-0.1, -0.05) is 70.9 Å². The molecule has 0 amide bonds. The summed E-state index contributed by atoms with van der Waals surface area (Å²) in [5.41, 5.74) is 6.59. The first-order chi connectivity index (χ1) is 13.7. The third-order valence-corrected chi connectivity index (χ3v) is 5.05. The minimum Gasteiger partial charge on any atom is -0.376 e. The molecule has 2 unspecified atom stereocenters. The third-order valence-electron chi connectivity index (χ3n) is 5.05. The molecule has 0 aliphatic carbocycles. The van der Waals surface area contributed by atoms with Gasteiger partial charge in [0.1, 0.15) is 5.52 Å². The molecule has 0 saturated carbocycles. The van der Waals surface area contributed by atoms with Gasteiger partial charge in [0.05, 0.1) is 17.6 Å². The number of aromatic nitrogens is 3. The summed E-state index contributed by atoms with van der Waals surface area (Å²) >= 11 is 0. The highest BCUT2D eigenvalue weighted by Gasteiger charge is 2.25.